The molecular weight excluding hydrogens is 1000 g/mol. The Morgan fingerprint density at radius 2 is 0.947 bits per heavy atom. The molecule has 0 aromatic heterocycles. The number of hydrogen-bond acceptors (Lipinski definition) is 8. The second-order valence-corrected chi connectivity index (χ2v) is 28.3. The van der Waals surface area contributed by atoms with Gasteiger partial charge in [-0.05, 0) is 76.5 Å². The third-order valence-electron chi connectivity index (χ3n) is 14.1. The third-order valence-corrected chi connectivity index (χ3v) is 21.9. The van der Waals surface area contributed by atoms with E-state index >= 15 is 0 Å². The monoisotopic (exact) mass is 1080 g/mol. The number of carbonyl (C=O) groups is 4. The van der Waals surface area contributed by atoms with E-state index in [1.165, 1.54) is 11.8 Å². The van der Waals surface area contributed by atoms with E-state index in [1.807, 2.05) is 128 Å². The molecule has 0 spiro atoms. The minimum Gasteiger partial charge on any atom is -0.480 e. The molecule has 13 heteroatoms. The number of aliphatic carboxylic acids is 1. The molecule has 0 radical (unpaired) electrons. The number of thioether (sulfide) groups is 2. The maximum Gasteiger partial charge on any atom is 0.328 e. The Hall–Kier alpha value is -6.22. The van der Waals surface area contributed by atoms with Crippen LogP contribution >= 0.6 is 23.5 Å². The predicted molar refractivity (Wildman–Crippen MR) is 314 cm³/mol. The molecule has 10 nitrogen and oxygen atoms in total. The van der Waals surface area contributed by atoms with Crippen molar-refractivity contribution in [2.75, 3.05) is 11.5 Å². The summed E-state index contributed by atoms with van der Waals surface area (Å²) >= 11 is 3.24. The van der Waals surface area contributed by atoms with Crippen LogP contribution in [0.3, 0.4) is 0 Å². The Morgan fingerprint density at radius 3 is 1.30 bits per heavy atom. The lowest BCUT2D eigenvalue weighted by Crippen LogP contribution is -2.60. The number of hydrogen-bond donors (Lipinski definition) is 5. The van der Waals surface area contributed by atoms with E-state index in [0.29, 0.717) is 12.2 Å². The summed E-state index contributed by atoms with van der Waals surface area (Å²) in [4.78, 5) is 56.1. The SMILES string of the molecule is CC(C)[C@@H](NC(=O)CC(O)/C=C/CCSC(c1ccccc1)(c1ccccc1)c1ccccc1)C(=O)N[C@H](CSC(c1ccccc1)(c1ccccc1)c1ccccc1)C(=O)N[C@H](C(=O)O)[C@@H](C)O[Si](C)(C)C(C)(C)C. The van der Waals surface area contributed by atoms with Crippen LogP contribution in [0.2, 0.25) is 18.1 Å². The Kier molecular flexibility index (Phi) is 21.1. The highest BCUT2D eigenvalue weighted by molar-refractivity contribution is 8.00. The molecule has 0 aliphatic carbocycles. The predicted octanol–water partition coefficient (Wildman–Crippen LogP) is 11.7. The van der Waals surface area contributed by atoms with Crippen LogP contribution in [-0.2, 0) is 33.1 Å². The fourth-order valence-corrected chi connectivity index (χ4v) is 13.5. The molecule has 0 heterocycles. The molecule has 6 aromatic carbocycles. The number of amides is 3. The van der Waals surface area contributed by atoms with Crippen LogP contribution in [-0.4, -0.2) is 84.1 Å². The second kappa shape index (κ2) is 27.2. The summed E-state index contributed by atoms with van der Waals surface area (Å²) in [6, 6.07) is 57.2. The number of benzene rings is 6. The van der Waals surface area contributed by atoms with Crippen molar-refractivity contribution in [3.8, 4) is 0 Å². The van der Waals surface area contributed by atoms with E-state index in [9.17, 15) is 29.4 Å². The zero-order chi connectivity index (χ0) is 54.9. The van der Waals surface area contributed by atoms with E-state index in [1.54, 1.807) is 38.6 Å². The van der Waals surface area contributed by atoms with Crippen molar-refractivity contribution in [3.05, 3.63) is 228 Å². The molecule has 400 valence electrons. The van der Waals surface area contributed by atoms with E-state index in [4.69, 9.17) is 4.43 Å². The van der Waals surface area contributed by atoms with Crippen LogP contribution in [0.25, 0.3) is 0 Å². The molecule has 0 aliphatic heterocycles. The topological polar surface area (TPSA) is 154 Å². The molecule has 1 unspecified atom stereocenters. The van der Waals surface area contributed by atoms with Gasteiger partial charge in [0.1, 0.15) is 12.1 Å². The molecular formula is C63H75N3O7S2Si. The number of rotatable bonds is 26. The van der Waals surface area contributed by atoms with Crippen LogP contribution in [0.5, 0.6) is 0 Å². The number of aliphatic hydroxyl groups excluding tert-OH is 1. The number of carbonyl (C=O) groups excluding carboxylic acids is 3. The second-order valence-electron chi connectivity index (χ2n) is 21.0. The minimum atomic E-state index is -2.49. The summed E-state index contributed by atoms with van der Waals surface area (Å²) < 4.78 is 5.11. The Morgan fingerprint density at radius 1 is 0.566 bits per heavy atom. The van der Waals surface area contributed by atoms with Crippen molar-refractivity contribution in [1.82, 2.24) is 16.0 Å². The number of aliphatic hydroxyl groups is 1. The largest absolute Gasteiger partial charge is 0.480 e. The molecule has 76 heavy (non-hydrogen) atoms. The van der Waals surface area contributed by atoms with Crippen LogP contribution < -0.4 is 16.0 Å². The van der Waals surface area contributed by atoms with E-state index in [0.717, 1.165) is 33.4 Å². The van der Waals surface area contributed by atoms with Gasteiger partial charge in [-0.15, -0.1) is 23.5 Å². The fourth-order valence-electron chi connectivity index (χ4n) is 9.09. The lowest BCUT2D eigenvalue weighted by molar-refractivity contribution is -0.145. The number of allylic oxidation sites excluding steroid dienone is 1. The van der Waals surface area contributed by atoms with Crippen molar-refractivity contribution in [3.63, 3.8) is 0 Å². The van der Waals surface area contributed by atoms with Crippen molar-refractivity contribution >= 4 is 55.5 Å². The maximum atomic E-state index is 14.8. The van der Waals surface area contributed by atoms with Gasteiger partial charge in [0.25, 0.3) is 0 Å². The molecule has 6 aromatic rings. The van der Waals surface area contributed by atoms with Gasteiger partial charge >= 0.3 is 5.97 Å². The Bertz CT molecular complexity index is 2610. The lowest BCUT2D eigenvalue weighted by Gasteiger charge is -2.40. The molecule has 3 amide bonds. The normalized spacial score (nSPS) is 14.3. The standard InChI is InChI=1S/C63H75N3O7S2Si/c1-45(2)56(65-55(68)43-53(67)41-27-28-42-74-62(47-29-15-9-16-30-47,48-31-17-10-18-32-48)49-33-19-11-20-34-49)59(70)64-54(58(69)66-57(60(71)72)46(3)73-76(7,8)61(4,5)6)44-75-63(50-35-21-12-22-36-50,51-37-23-13-24-38-51)52-39-25-14-26-40-52/h9-27,29-41,45-46,53-54,56-57,67H,28,42-44H2,1-8H3,(H,64,70)(H,65,68)(H,66,69)(H,71,72)/b41-27+/t46-,53?,54-,56-,57+/m1/s1. The third kappa shape index (κ3) is 14.8. The summed E-state index contributed by atoms with van der Waals surface area (Å²) in [5.41, 5.74) is 6.25. The lowest BCUT2D eigenvalue weighted by atomic mass is 9.84. The van der Waals surface area contributed by atoms with Gasteiger partial charge in [0.15, 0.2) is 14.4 Å². The van der Waals surface area contributed by atoms with Gasteiger partial charge in [0.05, 0.1) is 28.1 Å². The average Bonchev–Trinajstić information content (AvgIpc) is 3.41. The van der Waals surface area contributed by atoms with Crippen molar-refractivity contribution in [2.24, 2.45) is 5.92 Å². The van der Waals surface area contributed by atoms with E-state index in [-0.39, 0.29) is 17.2 Å². The van der Waals surface area contributed by atoms with Gasteiger partial charge in [0, 0.05) is 5.75 Å². The molecule has 6 rings (SSSR count). The van der Waals surface area contributed by atoms with E-state index < -0.39 is 77.8 Å². The molecule has 0 saturated carbocycles. The smallest absolute Gasteiger partial charge is 0.328 e. The fraction of sp³-hybridized carbons (Fsp3) is 0.333. The van der Waals surface area contributed by atoms with Gasteiger partial charge in [-0.3, -0.25) is 14.4 Å². The number of nitrogens with one attached hydrogen (secondary N) is 3. The summed E-state index contributed by atoms with van der Waals surface area (Å²) in [7, 11) is -2.49. The molecule has 5 atom stereocenters. The first-order valence-electron chi connectivity index (χ1n) is 26.1. The molecule has 0 aliphatic rings. The first kappa shape index (κ1) is 59.0. The zero-order valence-electron chi connectivity index (χ0n) is 45.0. The average molecular weight is 1080 g/mol. The maximum absolute atomic E-state index is 14.8. The van der Waals surface area contributed by atoms with Crippen molar-refractivity contribution < 1.29 is 33.8 Å². The Labute approximate surface area is 460 Å². The zero-order valence-corrected chi connectivity index (χ0v) is 47.7. The van der Waals surface area contributed by atoms with Crippen LogP contribution in [0.1, 0.15) is 87.8 Å². The Balaban J connectivity index is 1.21. The van der Waals surface area contributed by atoms with Crippen LogP contribution in [0.15, 0.2) is 194 Å². The van der Waals surface area contributed by atoms with Gasteiger partial charge in [-0.25, -0.2) is 4.79 Å². The summed E-state index contributed by atoms with van der Waals surface area (Å²) in [6.07, 6.45) is 1.76. The first-order valence-corrected chi connectivity index (χ1v) is 30.9. The van der Waals surface area contributed by atoms with Crippen molar-refractivity contribution in [1.29, 1.82) is 0 Å². The van der Waals surface area contributed by atoms with E-state index in [2.05, 4.69) is 110 Å². The highest BCUT2D eigenvalue weighted by Crippen LogP contribution is 2.50. The summed E-state index contributed by atoms with van der Waals surface area (Å²) in [5, 5.41) is 30.1. The molecule has 0 fully saturated rings. The number of carboxylic acids is 1. The van der Waals surface area contributed by atoms with Gasteiger partial charge in [0.2, 0.25) is 17.7 Å². The first-order chi connectivity index (χ1) is 36.3. The quantitative estimate of drug-likeness (QED) is 0.0155. The van der Waals surface area contributed by atoms with Crippen LogP contribution in [0.4, 0.5) is 0 Å². The summed E-state index contributed by atoms with van der Waals surface area (Å²) in [6.45, 7) is 15.4. The molecule has 0 saturated heterocycles. The highest BCUT2D eigenvalue weighted by Gasteiger charge is 2.44. The van der Waals surface area contributed by atoms with Gasteiger partial charge < -0.3 is 30.6 Å². The van der Waals surface area contributed by atoms with Crippen LogP contribution in [0, 0.1) is 5.92 Å². The number of carboxylic acid groups (broad SMARTS) is 1. The van der Waals surface area contributed by atoms with Gasteiger partial charge in [-0.1, -0.05) is 229 Å². The van der Waals surface area contributed by atoms with Crippen molar-refractivity contribution in [2.45, 2.75) is 112 Å². The minimum absolute atomic E-state index is 0.0101. The van der Waals surface area contributed by atoms with Gasteiger partial charge in [-0.2, -0.15) is 0 Å². The molecule has 5 N–H and O–H groups in total. The molecule has 0 bridgehead atoms. The summed E-state index contributed by atoms with van der Waals surface area (Å²) in [5.74, 6) is -2.92. The highest BCUT2D eigenvalue weighted by atomic mass is 32.2.